The summed E-state index contributed by atoms with van der Waals surface area (Å²) in [5.74, 6) is -0.122. The molecule has 9 atom stereocenters. The Morgan fingerprint density at radius 2 is 1.69 bits per heavy atom. The van der Waals surface area contributed by atoms with Gasteiger partial charge in [-0.3, -0.25) is 28.0 Å². The molecule has 0 aliphatic carbocycles. The standard InChI is InChI=1S/C20H25N10O11P/c1-37-19-12(11(33)18(40-19)30-5-26-8-15(30)27-20(22)28-16(8)34)41-42(35,36)38-2-6-9(31)10(32)17(39-6)29-4-25-7-13(21)23-3-24-14(7)29/h3-6,9-12,17-19,31-33H,2H2,1H3,(H,35,36)(H2,21,23,24)(H3,22,27,28,34)/t6-,9+,10+,11+,12-,17-,18-,19+/m1/s1. The Morgan fingerprint density at radius 3 is 2.43 bits per heavy atom. The highest BCUT2D eigenvalue weighted by molar-refractivity contribution is 7.47. The number of rotatable bonds is 8. The Bertz CT molecular complexity index is 1730. The topological polar surface area (TPSA) is 303 Å². The van der Waals surface area contributed by atoms with Gasteiger partial charge in [-0.15, -0.1) is 0 Å². The van der Waals surface area contributed by atoms with Crippen LogP contribution >= 0.6 is 7.82 Å². The number of anilines is 2. The van der Waals surface area contributed by atoms with Crippen molar-refractivity contribution in [1.29, 1.82) is 0 Å². The van der Waals surface area contributed by atoms with Gasteiger partial charge in [0.05, 0.1) is 19.3 Å². The number of nitrogens with one attached hydrogen (secondary N) is 1. The fourth-order valence-corrected chi connectivity index (χ4v) is 5.71. The van der Waals surface area contributed by atoms with Crippen molar-refractivity contribution in [2.45, 2.75) is 49.3 Å². The minimum atomic E-state index is -4.99. The molecular weight excluding hydrogens is 587 g/mol. The maximum Gasteiger partial charge on any atom is 0.472 e. The maximum absolute atomic E-state index is 12.9. The molecule has 2 fully saturated rings. The molecule has 6 heterocycles. The molecule has 21 nitrogen and oxygen atoms in total. The fraction of sp³-hybridized carbons (Fsp3) is 0.500. The van der Waals surface area contributed by atoms with Crippen LogP contribution < -0.4 is 17.0 Å². The summed E-state index contributed by atoms with van der Waals surface area (Å²) >= 11 is 0. The Labute approximate surface area is 233 Å². The molecule has 0 spiro atoms. The largest absolute Gasteiger partial charge is 0.472 e. The number of fused-ring (bicyclic) bond motifs is 2. The van der Waals surface area contributed by atoms with Crippen LogP contribution in [-0.4, -0.2) is 110 Å². The lowest BCUT2D eigenvalue weighted by atomic mass is 10.1. The van der Waals surface area contributed by atoms with Gasteiger partial charge < -0.3 is 45.9 Å². The first kappa shape index (κ1) is 28.5. The van der Waals surface area contributed by atoms with Crippen LogP contribution in [0.15, 0.2) is 23.8 Å². The molecule has 2 saturated heterocycles. The van der Waals surface area contributed by atoms with E-state index in [4.69, 9.17) is 34.7 Å². The minimum absolute atomic E-state index is 0.0282. The number of imidazole rings is 2. The monoisotopic (exact) mass is 612 g/mol. The number of nitrogens with two attached hydrogens (primary N) is 2. The molecule has 9 N–H and O–H groups in total. The van der Waals surface area contributed by atoms with Gasteiger partial charge in [-0.05, 0) is 0 Å². The number of phosphoric ester groups is 1. The van der Waals surface area contributed by atoms with Crippen LogP contribution in [0.4, 0.5) is 11.8 Å². The van der Waals surface area contributed by atoms with Crippen LogP contribution in [0.5, 0.6) is 0 Å². The number of ether oxygens (including phenoxy) is 3. The smallest absolute Gasteiger partial charge is 0.387 e. The third kappa shape index (κ3) is 4.80. The maximum atomic E-state index is 12.9. The number of aromatic amines is 1. The summed E-state index contributed by atoms with van der Waals surface area (Å²) in [5, 5.41) is 32.1. The van der Waals surface area contributed by atoms with Crippen molar-refractivity contribution in [3.05, 3.63) is 29.3 Å². The van der Waals surface area contributed by atoms with E-state index in [-0.39, 0.29) is 34.1 Å². The van der Waals surface area contributed by atoms with Gasteiger partial charge in [-0.25, -0.2) is 24.5 Å². The van der Waals surface area contributed by atoms with Crippen LogP contribution in [0, 0.1) is 0 Å². The van der Waals surface area contributed by atoms with Gasteiger partial charge in [-0.1, -0.05) is 0 Å². The molecule has 0 radical (unpaired) electrons. The molecule has 1 unspecified atom stereocenters. The van der Waals surface area contributed by atoms with E-state index in [0.29, 0.717) is 0 Å². The second-order valence-corrected chi connectivity index (χ2v) is 10.8. The molecule has 4 aromatic heterocycles. The third-order valence-corrected chi connectivity index (χ3v) is 7.77. The zero-order chi connectivity index (χ0) is 29.9. The molecule has 0 bridgehead atoms. The normalized spacial score (nSPS) is 31.3. The number of hydrogen-bond acceptors (Lipinski definition) is 17. The second kappa shape index (κ2) is 10.6. The molecule has 226 valence electrons. The highest BCUT2D eigenvalue weighted by Crippen LogP contribution is 2.49. The SMILES string of the molecule is CO[C@H]1O[C@@H](n2cnc3c(=O)[nH]c(N)nc32)[C@@H](O)[C@H]1OP(=O)(O)OC[C@H]1O[C@@H](n2cnc3c(N)ncnc32)[C@@H](O)[C@H]1O. The van der Waals surface area contributed by atoms with Crippen molar-refractivity contribution in [3.8, 4) is 0 Å². The Kier molecular flexibility index (Phi) is 7.17. The fourth-order valence-electron chi connectivity index (χ4n) is 4.78. The van der Waals surface area contributed by atoms with Crippen molar-refractivity contribution < 1.29 is 48.0 Å². The number of phosphoric acid groups is 1. The van der Waals surface area contributed by atoms with Crippen LogP contribution in [0.25, 0.3) is 22.3 Å². The number of aliphatic hydroxyl groups excluding tert-OH is 3. The summed E-state index contributed by atoms with van der Waals surface area (Å²) in [6.45, 7) is -0.713. The van der Waals surface area contributed by atoms with E-state index < -0.39 is 69.3 Å². The molecule has 4 aromatic rings. The summed E-state index contributed by atoms with van der Waals surface area (Å²) in [4.78, 5) is 44.8. The van der Waals surface area contributed by atoms with Crippen molar-refractivity contribution in [3.63, 3.8) is 0 Å². The van der Waals surface area contributed by atoms with Gasteiger partial charge >= 0.3 is 7.82 Å². The van der Waals surface area contributed by atoms with Crippen LogP contribution in [0.2, 0.25) is 0 Å². The molecule has 42 heavy (non-hydrogen) atoms. The average Bonchev–Trinajstić information content (AvgIpc) is 3.69. The lowest BCUT2D eigenvalue weighted by Crippen LogP contribution is -2.36. The van der Waals surface area contributed by atoms with Gasteiger partial charge in [0.15, 0.2) is 47.5 Å². The number of nitrogens with zero attached hydrogens (tertiary/aromatic N) is 7. The number of H-pyrrole nitrogens is 1. The van der Waals surface area contributed by atoms with Crippen LogP contribution in [0.3, 0.4) is 0 Å². The highest BCUT2D eigenvalue weighted by atomic mass is 31.2. The second-order valence-electron chi connectivity index (χ2n) is 9.36. The molecule has 0 aromatic carbocycles. The minimum Gasteiger partial charge on any atom is -0.387 e. The zero-order valence-corrected chi connectivity index (χ0v) is 22.3. The van der Waals surface area contributed by atoms with Gasteiger partial charge in [0, 0.05) is 7.11 Å². The number of nitrogen functional groups attached to an aromatic ring is 2. The van der Waals surface area contributed by atoms with Crippen molar-refractivity contribution >= 4 is 41.9 Å². The Morgan fingerprint density at radius 1 is 1.00 bits per heavy atom. The van der Waals surface area contributed by atoms with Crippen molar-refractivity contribution in [1.82, 2.24) is 39.0 Å². The predicted molar refractivity (Wildman–Crippen MR) is 136 cm³/mol. The van der Waals surface area contributed by atoms with Gasteiger partial charge in [-0.2, -0.15) is 4.98 Å². The number of aromatic nitrogens is 8. The van der Waals surface area contributed by atoms with Crippen molar-refractivity contribution in [2.75, 3.05) is 25.2 Å². The van der Waals surface area contributed by atoms with Crippen molar-refractivity contribution in [2.24, 2.45) is 0 Å². The lowest BCUT2D eigenvalue weighted by Gasteiger charge is -2.23. The molecule has 2 aliphatic rings. The highest BCUT2D eigenvalue weighted by Gasteiger charge is 2.51. The summed E-state index contributed by atoms with van der Waals surface area (Å²) in [5.41, 5.74) is 11.1. The Balaban J connectivity index is 1.15. The zero-order valence-electron chi connectivity index (χ0n) is 21.4. The first-order valence-electron chi connectivity index (χ1n) is 12.2. The summed E-state index contributed by atoms with van der Waals surface area (Å²) < 4.78 is 42.1. The van der Waals surface area contributed by atoms with Gasteiger partial charge in [0.25, 0.3) is 5.56 Å². The van der Waals surface area contributed by atoms with E-state index in [0.717, 1.165) is 6.33 Å². The first-order valence-corrected chi connectivity index (χ1v) is 13.7. The summed E-state index contributed by atoms with van der Waals surface area (Å²) in [6.07, 6.45) is -7.86. The quantitative estimate of drug-likeness (QED) is 0.0982. The molecular formula is C20H25N10O11P. The van der Waals surface area contributed by atoms with E-state index in [1.165, 1.54) is 28.9 Å². The van der Waals surface area contributed by atoms with E-state index in [2.05, 4.69) is 29.9 Å². The molecule has 6 rings (SSSR count). The predicted octanol–water partition coefficient (Wildman–Crippen LogP) is -2.89. The van der Waals surface area contributed by atoms with E-state index in [1.807, 2.05) is 0 Å². The number of methoxy groups -OCH3 is 1. The molecule has 22 heteroatoms. The number of hydrogen-bond donors (Lipinski definition) is 7. The lowest BCUT2D eigenvalue weighted by molar-refractivity contribution is -0.159. The summed E-state index contributed by atoms with van der Waals surface area (Å²) in [7, 11) is -3.78. The number of aliphatic hydroxyl groups is 3. The van der Waals surface area contributed by atoms with E-state index >= 15 is 0 Å². The molecule has 0 saturated carbocycles. The van der Waals surface area contributed by atoms with Gasteiger partial charge in [0.1, 0.15) is 36.3 Å². The average molecular weight is 612 g/mol. The third-order valence-electron chi connectivity index (χ3n) is 6.78. The molecule has 0 amide bonds. The molecule has 2 aliphatic heterocycles. The summed E-state index contributed by atoms with van der Waals surface area (Å²) in [6, 6.07) is 0. The van der Waals surface area contributed by atoms with E-state index in [9.17, 15) is 29.6 Å². The van der Waals surface area contributed by atoms with Crippen LogP contribution in [0.1, 0.15) is 12.5 Å². The first-order chi connectivity index (χ1) is 20.0. The van der Waals surface area contributed by atoms with Gasteiger partial charge in [0.2, 0.25) is 5.95 Å². The van der Waals surface area contributed by atoms with E-state index in [1.54, 1.807) is 0 Å². The Hall–Kier alpha value is -3.63. The van der Waals surface area contributed by atoms with Crippen LogP contribution in [-0.2, 0) is 27.8 Å².